The van der Waals surface area contributed by atoms with Crippen molar-refractivity contribution in [2.45, 2.75) is 46.1 Å². The number of nitrogens with one attached hydrogen (secondary N) is 1. The van der Waals surface area contributed by atoms with Crippen molar-refractivity contribution in [2.75, 3.05) is 0 Å². The molecule has 1 aromatic heterocycles. The van der Waals surface area contributed by atoms with Gasteiger partial charge in [-0.25, -0.2) is 0 Å². The minimum absolute atomic E-state index is 0.548. The largest absolute Gasteiger partial charge is 0.331 e. The van der Waals surface area contributed by atoms with Gasteiger partial charge in [0.15, 0.2) is 4.77 Å². The van der Waals surface area contributed by atoms with E-state index >= 15 is 0 Å². The molecule has 1 aliphatic rings. The molecular formula is C16H22N2S. The lowest BCUT2D eigenvalue weighted by atomic mass is 9.78. The van der Waals surface area contributed by atoms with Crippen molar-refractivity contribution in [3.63, 3.8) is 0 Å². The highest BCUT2D eigenvalue weighted by Crippen LogP contribution is 2.39. The lowest BCUT2D eigenvalue weighted by molar-refractivity contribution is 0.188. The topological polar surface area (TPSA) is 20.7 Å². The van der Waals surface area contributed by atoms with Crippen molar-refractivity contribution in [2.24, 2.45) is 11.8 Å². The second kappa shape index (κ2) is 4.78. The highest BCUT2D eigenvalue weighted by molar-refractivity contribution is 7.71. The molecule has 1 heterocycles. The predicted molar refractivity (Wildman–Crippen MR) is 83.1 cm³/mol. The van der Waals surface area contributed by atoms with Crippen LogP contribution in [-0.2, 0) is 0 Å². The van der Waals surface area contributed by atoms with Crippen molar-refractivity contribution in [1.29, 1.82) is 0 Å². The number of aromatic nitrogens is 2. The summed E-state index contributed by atoms with van der Waals surface area (Å²) in [6.07, 6.45) is 3.92. The molecule has 0 bridgehead atoms. The van der Waals surface area contributed by atoms with E-state index in [1.54, 1.807) is 0 Å². The number of imidazole rings is 1. The molecule has 102 valence electrons. The number of hydrogen-bond acceptors (Lipinski definition) is 1. The summed E-state index contributed by atoms with van der Waals surface area (Å²) >= 11 is 5.58. The molecular weight excluding hydrogens is 252 g/mol. The van der Waals surface area contributed by atoms with E-state index < -0.39 is 0 Å². The van der Waals surface area contributed by atoms with E-state index in [4.69, 9.17) is 12.2 Å². The van der Waals surface area contributed by atoms with Crippen LogP contribution in [-0.4, -0.2) is 9.55 Å². The van der Waals surface area contributed by atoms with Crippen LogP contribution in [0.4, 0.5) is 0 Å². The molecule has 0 radical (unpaired) electrons. The van der Waals surface area contributed by atoms with Gasteiger partial charge in [0, 0.05) is 6.04 Å². The van der Waals surface area contributed by atoms with Gasteiger partial charge in [-0.3, -0.25) is 0 Å². The molecule has 2 aromatic rings. The zero-order chi connectivity index (χ0) is 13.6. The number of H-pyrrole nitrogens is 1. The molecule has 3 unspecified atom stereocenters. The third-order valence-electron chi connectivity index (χ3n) is 4.87. The van der Waals surface area contributed by atoms with Crippen LogP contribution in [0.2, 0.25) is 0 Å². The summed E-state index contributed by atoms with van der Waals surface area (Å²) in [6, 6.07) is 7.10. The number of aryl methyl sites for hydroxylation is 1. The molecule has 3 heteroatoms. The first-order chi connectivity index (χ1) is 9.08. The second-order valence-corrected chi connectivity index (χ2v) is 6.54. The van der Waals surface area contributed by atoms with Crippen LogP contribution in [0.3, 0.4) is 0 Å². The number of benzene rings is 1. The Bertz CT molecular complexity index is 652. The third-order valence-corrected chi connectivity index (χ3v) is 5.17. The predicted octanol–water partition coefficient (Wildman–Crippen LogP) is 5.00. The summed E-state index contributed by atoms with van der Waals surface area (Å²) in [5, 5.41) is 0. The molecule has 1 aliphatic carbocycles. The Labute approximate surface area is 119 Å². The van der Waals surface area contributed by atoms with E-state index in [9.17, 15) is 0 Å². The van der Waals surface area contributed by atoms with Crippen LogP contribution in [0, 0.1) is 23.5 Å². The molecule has 3 rings (SSSR count). The maximum atomic E-state index is 5.58. The summed E-state index contributed by atoms with van der Waals surface area (Å²) in [7, 11) is 0. The van der Waals surface area contributed by atoms with Crippen LogP contribution in [0.15, 0.2) is 18.2 Å². The van der Waals surface area contributed by atoms with Crippen LogP contribution >= 0.6 is 12.2 Å². The monoisotopic (exact) mass is 274 g/mol. The van der Waals surface area contributed by atoms with E-state index in [0.29, 0.717) is 12.0 Å². The van der Waals surface area contributed by atoms with E-state index in [-0.39, 0.29) is 0 Å². The van der Waals surface area contributed by atoms with Gasteiger partial charge in [0.25, 0.3) is 0 Å². The number of rotatable bonds is 1. The minimum Gasteiger partial charge on any atom is -0.331 e. The number of hydrogen-bond donors (Lipinski definition) is 1. The summed E-state index contributed by atoms with van der Waals surface area (Å²) in [5.74, 6) is 1.48. The van der Waals surface area contributed by atoms with Gasteiger partial charge in [0.05, 0.1) is 11.0 Å². The van der Waals surface area contributed by atoms with E-state index in [1.165, 1.54) is 35.9 Å². The van der Waals surface area contributed by atoms with Gasteiger partial charge >= 0.3 is 0 Å². The summed E-state index contributed by atoms with van der Waals surface area (Å²) in [4.78, 5) is 3.36. The van der Waals surface area contributed by atoms with Gasteiger partial charge in [0.1, 0.15) is 0 Å². The maximum absolute atomic E-state index is 5.58. The Kier molecular flexibility index (Phi) is 3.25. The fraction of sp³-hybridized carbons (Fsp3) is 0.562. The molecule has 0 aliphatic heterocycles. The standard InChI is InChI=1S/C16H22N2S/c1-10-7-8-13-15(9-10)18(16(19)17-13)14-6-4-5-11(2)12(14)3/h7-9,11-12,14H,4-6H2,1-3H3,(H,17,19). The molecule has 1 aromatic carbocycles. The van der Waals surface area contributed by atoms with Crippen molar-refractivity contribution in [3.8, 4) is 0 Å². The number of fused-ring (bicyclic) bond motifs is 1. The molecule has 0 amide bonds. The Balaban J connectivity index is 2.16. The smallest absolute Gasteiger partial charge is 0.178 e. The molecule has 0 saturated heterocycles. The minimum atomic E-state index is 0.548. The maximum Gasteiger partial charge on any atom is 0.178 e. The summed E-state index contributed by atoms with van der Waals surface area (Å²) in [6.45, 7) is 6.90. The highest BCUT2D eigenvalue weighted by Gasteiger charge is 2.29. The average molecular weight is 274 g/mol. The van der Waals surface area contributed by atoms with Crippen LogP contribution in [0.25, 0.3) is 11.0 Å². The summed E-state index contributed by atoms with van der Waals surface area (Å²) in [5.41, 5.74) is 3.74. The first kappa shape index (κ1) is 12.9. The Morgan fingerprint density at radius 3 is 2.84 bits per heavy atom. The number of nitrogens with zero attached hydrogens (tertiary/aromatic N) is 1. The lowest BCUT2D eigenvalue weighted by Gasteiger charge is -2.35. The second-order valence-electron chi connectivity index (χ2n) is 6.16. The zero-order valence-corrected chi connectivity index (χ0v) is 12.8. The first-order valence-corrected chi connectivity index (χ1v) is 7.69. The summed E-state index contributed by atoms with van der Waals surface area (Å²) < 4.78 is 3.25. The van der Waals surface area contributed by atoms with Gasteiger partial charge in [-0.2, -0.15) is 0 Å². The number of aromatic amines is 1. The van der Waals surface area contributed by atoms with Crippen LogP contribution in [0.5, 0.6) is 0 Å². The van der Waals surface area contributed by atoms with Crippen molar-refractivity contribution >= 4 is 23.3 Å². The third kappa shape index (κ3) is 2.14. The zero-order valence-electron chi connectivity index (χ0n) is 11.9. The van der Waals surface area contributed by atoms with Gasteiger partial charge in [0.2, 0.25) is 0 Å². The fourth-order valence-corrected chi connectivity index (χ4v) is 3.82. The molecule has 1 fully saturated rings. The highest BCUT2D eigenvalue weighted by atomic mass is 32.1. The fourth-order valence-electron chi connectivity index (χ4n) is 3.48. The first-order valence-electron chi connectivity index (χ1n) is 7.29. The quantitative estimate of drug-likeness (QED) is 0.725. The molecule has 0 spiro atoms. The Morgan fingerprint density at radius 2 is 2.05 bits per heavy atom. The van der Waals surface area contributed by atoms with Gasteiger partial charge < -0.3 is 9.55 Å². The molecule has 3 atom stereocenters. The molecule has 19 heavy (non-hydrogen) atoms. The van der Waals surface area contributed by atoms with Gasteiger partial charge in [-0.15, -0.1) is 0 Å². The van der Waals surface area contributed by atoms with E-state index in [2.05, 4.69) is 48.5 Å². The molecule has 2 nitrogen and oxygen atoms in total. The van der Waals surface area contributed by atoms with Gasteiger partial charge in [-0.05, 0) is 55.1 Å². The molecule has 1 N–H and O–H groups in total. The van der Waals surface area contributed by atoms with Crippen LogP contribution < -0.4 is 0 Å². The van der Waals surface area contributed by atoms with Crippen molar-refractivity contribution in [1.82, 2.24) is 9.55 Å². The van der Waals surface area contributed by atoms with E-state index in [1.807, 2.05) is 0 Å². The molecule has 1 saturated carbocycles. The van der Waals surface area contributed by atoms with Crippen LogP contribution in [0.1, 0.15) is 44.7 Å². The van der Waals surface area contributed by atoms with Crippen molar-refractivity contribution in [3.05, 3.63) is 28.5 Å². The normalized spacial score (nSPS) is 27.8. The average Bonchev–Trinajstić information content (AvgIpc) is 2.69. The Hall–Kier alpha value is -1.09. The Morgan fingerprint density at radius 1 is 1.26 bits per heavy atom. The lowest BCUT2D eigenvalue weighted by Crippen LogP contribution is -2.27. The SMILES string of the molecule is Cc1ccc2[nH]c(=S)n(C3CCCC(C)C3C)c2c1. The van der Waals surface area contributed by atoms with E-state index in [0.717, 1.165) is 10.7 Å². The van der Waals surface area contributed by atoms with Crippen molar-refractivity contribution < 1.29 is 0 Å². The van der Waals surface area contributed by atoms with Gasteiger partial charge in [-0.1, -0.05) is 32.8 Å².